The fraction of sp³-hybridized carbons (Fsp3) is 0.364. The molecule has 1 unspecified atom stereocenters. The van der Waals surface area contributed by atoms with Crippen molar-refractivity contribution in [1.29, 1.82) is 0 Å². The van der Waals surface area contributed by atoms with E-state index in [0.717, 1.165) is 11.1 Å². The number of nitrogens with one attached hydrogen (secondary N) is 1. The second-order valence-electron chi connectivity index (χ2n) is 7.08. The predicted octanol–water partition coefficient (Wildman–Crippen LogP) is 3.05. The molecule has 3 rings (SSSR count). The van der Waals surface area contributed by atoms with Gasteiger partial charge in [-0.15, -0.1) is 12.4 Å². The fourth-order valence-corrected chi connectivity index (χ4v) is 3.46. The summed E-state index contributed by atoms with van der Waals surface area (Å²) >= 11 is 0. The molecule has 0 saturated carbocycles. The fourth-order valence-electron chi connectivity index (χ4n) is 3.46. The normalized spacial score (nSPS) is 15.4. The van der Waals surface area contributed by atoms with Gasteiger partial charge in [0.25, 0.3) is 0 Å². The van der Waals surface area contributed by atoms with Gasteiger partial charge in [0.15, 0.2) is 0 Å². The van der Waals surface area contributed by atoms with Gasteiger partial charge in [-0.25, -0.2) is 0 Å². The number of rotatable bonds is 6. The Bertz CT molecular complexity index is 747. The minimum atomic E-state index is -0.286. The van der Waals surface area contributed by atoms with Crippen molar-refractivity contribution in [2.45, 2.75) is 31.8 Å². The van der Waals surface area contributed by atoms with E-state index >= 15 is 0 Å². The van der Waals surface area contributed by atoms with Gasteiger partial charge in [-0.3, -0.25) is 9.59 Å². The smallest absolute Gasteiger partial charge is 0.224 e. The quantitative estimate of drug-likeness (QED) is 0.781. The van der Waals surface area contributed by atoms with Gasteiger partial charge in [0.1, 0.15) is 0 Å². The summed E-state index contributed by atoms with van der Waals surface area (Å²) in [6, 6.07) is 19.3. The van der Waals surface area contributed by atoms with Crippen molar-refractivity contribution in [3.63, 3.8) is 0 Å². The highest BCUT2D eigenvalue weighted by molar-refractivity contribution is 5.85. The molecule has 6 heteroatoms. The Morgan fingerprint density at radius 2 is 1.57 bits per heavy atom. The van der Waals surface area contributed by atoms with E-state index in [4.69, 9.17) is 5.73 Å². The van der Waals surface area contributed by atoms with Crippen LogP contribution in [0.25, 0.3) is 0 Å². The third kappa shape index (κ3) is 6.08. The highest BCUT2D eigenvalue weighted by Crippen LogP contribution is 2.21. The molecule has 0 radical (unpaired) electrons. The summed E-state index contributed by atoms with van der Waals surface area (Å²) < 4.78 is 0. The molecule has 0 bridgehead atoms. The summed E-state index contributed by atoms with van der Waals surface area (Å²) in [5, 5.41) is 3.00. The van der Waals surface area contributed by atoms with Crippen LogP contribution in [-0.4, -0.2) is 29.8 Å². The maximum Gasteiger partial charge on any atom is 0.224 e. The van der Waals surface area contributed by atoms with Gasteiger partial charge in [0.2, 0.25) is 11.8 Å². The highest BCUT2D eigenvalue weighted by atomic mass is 35.5. The number of halogens is 1. The second-order valence-corrected chi connectivity index (χ2v) is 7.08. The Labute approximate surface area is 172 Å². The molecule has 2 aromatic carbocycles. The first-order chi connectivity index (χ1) is 13.1. The van der Waals surface area contributed by atoms with Crippen LogP contribution < -0.4 is 11.1 Å². The molecule has 0 spiro atoms. The van der Waals surface area contributed by atoms with Gasteiger partial charge >= 0.3 is 0 Å². The first-order valence-electron chi connectivity index (χ1n) is 9.53. The van der Waals surface area contributed by atoms with Crippen molar-refractivity contribution < 1.29 is 9.59 Å². The van der Waals surface area contributed by atoms with Crippen LogP contribution in [-0.2, 0) is 16.1 Å². The predicted molar refractivity (Wildman–Crippen MR) is 113 cm³/mol. The molecule has 1 fully saturated rings. The number of nitrogens with two attached hydrogens (primary N) is 1. The minimum Gasteiger partial charge on any atom is -0.352 e. The molecule has 3 N–H and O–H groups in total. The number of carbonyl (C=O) groups excluding carboxylic acids is 2. The van der Waals surface area contributed by atoms with Gasteiger partial charge < -0.3 is 16.0 Å². The van der Waals surface area contributed by atoms with Crippen molar-refractivity contribution in [3.05, 3.63) is 71.8 Å². The highest BCUT2D eigenvalue weighted by Gasteiger charge is 2.27. The molecule has 2 aromatic rings. The van der Waals surface area contributed by atoms with Crippen LogP contribution in [0, 0.1) is 5.92 Å². The molecule has 150 valence electrons. The van der Waals surface area contributed by atoms with Crippen molar-refractivity contribution in [1.82, 2.24) is 10.2 Å². The van der Waals surface area contributed by atoms with Gasteiger partial charge in [-0.1, -0.05) is 60.7 Å². The lowest BCUT2D eigenvalue weighted by molar-refractivity contribution is -0.136. The molecule has 1 heterocycles. The van der Waals surface area contributed by atoms with Gasteiger partial charge in [0, 0.05) is 38.0 Å². The summed E-state index contributed by atoms with van der Waals surface area (Å²) in [6.45, 7) is 1.78. The summed E-state index contributed by atoms with van der Waals surface area (Å²) in [5.74, 6) is 0.113. The first kappa shape index (κ1) is 21.9. The number of amides is 2. The zero-order chi connectivity index (χ0) is 19.1. The van der Waals surface area contributed by atoms with E-state index in [1.54, 1.807) is 0 Å². The molecule has 5 nitrogen and oxygen atoms in total. The van der Waals surface area contributed by atoms with E-state index in [1.807, 2.05) is 65.6 Å². The van der Waals surface area contributed by atoms with Crippen molar-refractivity contribution >= 4 is 24.2 Å². The Morgan fingerprint density at radius 3 is 2.18 bits per heavy atom. The van der Waals surface area contributed by atoms with Gasteiger partial charge in [-0.2, -0.15) is 0 Å². The maximum absolute atomic E-state index is 12.5. The average Bonchev–Trinajstić information content (AvgIpc) is 2.73. The lowest BCUT2D eigenvalue weighted by atomic mass is 9.95. The van der Waals surface area contributed by atoms with Crippen LogP contribution >= 0.6 is 12.4 Å². The van der Waals surface area contributed by atoms with E-state index in [9.17, 15) is 9.59 Å². The third-order valence-electron chi connectivity index (χ3n) is 5.15. The number of hydrogen-bond donors (Lipinski definition) is 2. The van der Waals surface area contributed by atoms with E-state index in [-0.39, 0.29) is 36.2 Å². The maximum atomic E-state index is 12.5. The van der Waals surface area contributed by atoms with E-state index in [2.05, 4.69) is 5.32 Å². The Balaban J connectivity index is 0.00000280. The molecule has 2 amide bonds. The minimum absolute atomic E-state index is 0. The monoisotopic (exact) mass is 401 g/mol. The van der Waals surface area contributed by atoms with Crippen molar-refractivity contribution in [3.8, 4) is 0 Å². The Hall–Kier alpha value is -2.37. The molecule has 1 saturated heterocycles. The Kier molecular flexibility index (Phi) is 8.48. The largest absolute Gasteiger partial charge is 0.352 e. The molecule has 28 heavy (non-hydrogen) atoms. The van der Waals surface area contributed by atoms with Crippen molar-refractivity contribution in [2.24, 2.45) is 11.7 Å². The van der Waals surface area contributed by atoms with Crippen LogP contribution in [0.3, 0.4) is 0 Å². The summed E-state index contributed by atoms with van der Waals surface area (Å²) in [6.07, 6.45) is 1.70. The number of benzene rings is 2. The molecule has 0 aromatic heterocycles. The van der Waals surface area contributed by atoms with Crippen LogP contribution in [0.4, 0.5) is 0 Å². The molecule has 1 aliphatic rings. The summed E-state index contributed by atoms with van der Waals surface area (Å²) in [5.41, 5.74) is 8.23. The van der Waals surface area contributed by atoms with E-state index in [0.29, 0.717) is 38.9 Å². The molecule has 1 aliphatic heterocycles. The number of hydrogen-bond acceptors (Lipinski definition) is 3. The van der Waals surface area contributed by atoms with Crippen LogP contribution in [0.5, 0.6) is 0 Å². The number of piperidine rings is 1. The molecule has 0 aliphatic carbocycles. The lowest BCUT2D eigenvalue weighted by Crippen LogP contribution is -2.43. The average molecular weight is 402 g/mol. The van der Waals surface area contributed by atoms with Crippen LogP contribution in [0.15, 0.2) is 60.7 Å². The Morgan fingerprint density at radius 1 is 1.00 bits per heavy atom. The summed E-state index contributed by atoms with van der Waals surface area (Å²) in [4.78, 5) is 26.7. The van der Waals surface area contributed by atoms with E-state index < -0.39 is 0 Å². The zero-order valence-electron chi connectivity index (χ0n) is 15.9. The van der Waals surface area contributed by atoms with Gasteiger partial charge in [-0.05, 0) is 24.0 Å². The number of carbonyl (C=O) groups is 2. The first-order valence-corrected chi connectivity index (χ1v) is 9.53. The number of likely N-dealkylation sites (tertiary alicyclic amines) is 1. The van der Waals surface area contributed by atoms with Crippen molar-refractivity contribution in [2.75, 3.05) is 13.1 Å². The van der Waals surface area contributed by atoms with E-state index in [1.165, 1.54) is 0 Å². The topological polar surface area (TPSA) is 75.4 Å². The second kappa shape index (κ2) is 10.8. The number of nitrogens with zero attached hydrogens (tertiary/aromatic N) is 1. The molecular weight excluding hydrogens is 374 g/mol. The van der Waals surface area contributed by atoms with Gasteiger partial charge in [0.05, 0.1) is 0 Å². The standard InChI is InChI=1S/C22H27N3O2.ClH/c23-20(18-9-5-2-6-10-18)15-21(26)25-13-11-19(12-14-25)22(27)24-16-17-7-3-1-4-8-17;/h1-10,19-20H,11-16,23H2,(H,24,27);1H. The SMILES string of the molecule is Cl.NC(CC(=O)N1CCC(C(=O)NCc2ccccc2)CC1)c1ccccc1. The van der Waals surface area contributed by atoms with Crippen LogP contribution in [0.2, 0.25) is 0 Å². The molecular formula is C22H28ClN3O2. The van der Waals surface area contributed by atoms with Crippen LogP contribution in [0.1, 0.15) is 36.4 Å². The third-order valence-corrected chi connectivity index (χ3v) is 5.15. The lowest BCUT2D eigenvalue weighted by Gasteiger charge is -2.32. The molecule has 1 atom stereocenters. The summed E-state index contributed by atoms with van der Waals surface area (Å²) in [7, 11) is 0. The zero-order valence-corrected chi connectivity index (χ0v) is 16.7.